The van der Waals surface area contributed by atoms with Crippen LogP contribution >= 0.6 is 0 Å². The van der Waals surface area contributed by atoms with Crippen LogP contribution in [0.3, 0.4) is 0 Å². The van der Waals surface area contributed by atoms with Crippen LogP contribution in [-0.4, -0.2) is 22.3 Å². The number of hydrogen-bond acceptors (Lipinski definition) is 2. The predicted octanol–water partition coefficient (Wildman–Crippen LogP) is 2.89. The highest BCUT2D eigenvalue weighted by Crippen LogP contribution is 2.18. The second-order valence-corrected chi connectivity index (χ2v) is 4.57. The summed E-state index contributed by atoms with van der Waals surface area (Å²) in [6, 6.07) is 6.59. The Morgan fingerprint density at radius 1 is 1.19 bits per heavy atom. The van der Waals surface area contributed by atoms with Crippen LogP contribution < -0.4 is 4.90 Å². The summed E-state index contributed by atoms with van der Waals surface area (Å²) in [6.45, 7) is 0. The van der Waals surface area contributed by atoms with Gasteiger partial charge in [0.15, 0.2) is 11.6 Å². The molecule has 0 N–H and O–H groups in total. The third-order valence-corrected chi connectivity index (χ3v) is 3.23. The lowest BCUT2D eigenvalue weighted by Crippen LogP contribution is -2.26. The number of carbonyl (C=O) groups excluding carboxylic acids is 1. The van der Waals surface area contributed by atoms with Crippen LogP contribution in [0.2, 0.25) is 0 Å². The van der Waals surface area contributed by atoms with E-state index in [1.807, 2.05) is 0 Å². The van der Waals surface area contributed by atoms with E-state index in [1.54, 1.807) is 42.2 Å². The lowest BCUT2D eigenvalue weighted by molar-refractivity contribution is 0.0992. The van der Waals surface area contributed by atoms with E-state index in [1.165, 1.54) is 11.0 Å². The van der Waals surface area contributed by atoms with Gasteiger partial charge in [0.05, 0.1) is 5.69 Å². The molecule has 0 spiro atoms. The van der Waals surface area contributed by atoms with E-state index in [4.69, 9.17) is 0 Å². The van der Waals surface area contributed by atoms with E-state index in [0.717, 1.165) is 17.8 Å². The van der Waals surface area contributed by atoms with E-state index in [0.29, 0.717) is 5.69 Å². The first kappa shape index (κ1) is 13.2. The molecule has 0 aliphatic heterocycles. The highest BCUT2D eigenvalue weighted by molar-refractivity contribution is 6.05. The van der Waals surface area contributed by atoms with E-state index in [2.05, 4.69) is 4.98 Å². The molecule has 1 aromatic carbocycles. The summed E-state index contributed by atoms with van der Waals surface area (Å²) in [5.41, 5.74) is 1.46. The zero-order valence-corrected chi connectivity index (χ0v) is 11.1. The van der Waals surface area contributed by atoms with Crippen molar-refractivity contribution in [3.05, 3.63) is 66.1 Å². The van der Waals surface area contributed by atoms with Crippen LogP contribution in [0.4, 0.5) is 14.5 Å². The normalized spacial score (nSPS) is 10.8. The summed E-state index contributed by atoms with van der Waals surface area (Å²) in [6.07, 6.45) is 5.14. The Labute approximate surface area is 119 Å². The first-order chi connectivity index (χ1) is 10.1. The molecule has 2 aromatic heterocycles. The fraction of sp³-hybridized carbons (Fsp3) is 0.0667. The lowest BCUT2D eigenvalue weighted by atomic mass is 10.2. The van der Waals surface area contributed by atoms with Crippen molar-refractivity contribution in [1.29, 1.82) is 0 Å². The number of aromatic nitrogens is 2. The standard InChI is InChI=1S/C15H11F2N3O/c1-19(11-3-5-14-18-6-7-20(14)9-11)15(21)10-2-4-12(16)13(17)8-10/h2-9H,1H3. The Balaban J connectivity index is 1.94. The van der Waals surface area contributed by atoms with Crippen LogP contribution in [0, 0.1) is 11.6 Å². The van der Waals surface area contributed by atoms with Crippen LogP contribution in [0.15, 0.2) is 48.9 Å². The van der Waals surface area contributed by atoms with E-state index < -0.39 is 17.5 Å². The van der Waals surface area contributed by atoms with E-state index in [-0.39, 0.29) is 5.56 Å². The molecular weight excluding hydrogens is 276 g/mol. The molecule has 3 aromatic rings. The molecule has 4 nitrogen and oxygen atoms in total. The molecule has 2 heterocycles. The summed E-state index contributed by atoms with van der Waals surface area (Å²) in [7, 11) is 1.57. The second kappa shape index (κ2) is 4.97. The third-order valence-electron chi connectivity index (χ3n) is 3.23. The number of fused-ring (bicyclic) bond motifs is 1. The maximum absolute atomic E-state index is 13.2. The fourth-order valence-corrected chi connectivity index (χ4v) is 2.05. The summed E-state index contributed by atoms with van der Waals surface area (Å²) < 4.78 is 27.9. The highest BCUT2D eigenvalue weighted by atomic mass is 19.2. The number of hydrogen-bond donors (Lipinski definition) is 0. The molecule has 0 saturated heterocycles. The number of benzene rings is 1. The average Bonchev–Trinajstić information content (AvgIpc) is 2.96. The fourth-order valence-electron chi connectivity index (χ4n) is 2.05. The molecule has 21 heavy (non-hydrogen) atoms. The molecule has 0 saturated carbocycles. The summed E-state index contributed by atoms with van der Waals surface area (Å²) in [4.78, 5) is 17.8. The number of pyridine rings is 1. The Kier molecular flexibility index (Phi) is 3.13. The Morgan fingerprint density at radius 2 is 2.00 bits per heavy atom. The molecule has 3 rings (SSSR count). The minimum Gasteiger partial charge on any atom is -0.310 e. The molecule has 0 bridgehead atoms. The van der Waals surface area contributed by atoms with Crippen LogP contribution in [-0.2, 0) is 0 Å². The molecule has 0 aliphatic rings. The van der Waals surface area contributed by atoms with Gasteiger partial charge < -0.3 is 9.30 Å². The number of halogens is 2. The lowest BCUT2D eigenvalue weighted by Gasteiger charge is -2.17. The first-order valence-corrected chi connectivity index (χ1v) is 6.22. The second-order valence-electron chi connectivity index (χ2n) is 4.57. The van der Waals surface area contributed by atoms with Gasteiger partial charge in [-0.25, -0.2) is 13.8 Å². The molecule has 6 heteroatoms. The third kappa shape index (κ3) is 2.35. The monoisotopic (exact) mass is 287 g/mol. The van der Waals surface area contributed by atoms with E-state index >= 15 is 0 Å². The van der Waals surface area contributed by atoms with Crippen molar-refractivity contribution in [3.63, 3.8) is 0 Å². The number of imidazole rings is 1. The molecule has 1 amide bonds. The van der Waals surface area contributed by atoms with Gasteiger partial charge in [-0.3, -0.25) is 4.79 Å². The number of anilines is 1. The van der Waals surface area contributed by atoms with Crippen LogP contribution in [0.5, 0.6) is 0 Å². The Morgan fingerprint density at radius 3 is 2.76 bits per heavy atom. The van der Waals surface area contributed by atoms with Gasteiger partial charge in [0, 0.05) is 31.2 Å². The van der Waals surface area contributed by atoms with Gasteiger partial charge in [0.2, 0.25) is 0 Å². The molecule has 0 aliphatic carbocycles. The maximum atomic E-state index is 13.2. The van der Waals surface area contributed by atoms with E-state index in [9.17, 15) is 13.6 Å². The summed E-state index contributed by atoms with van der Waals surface area (Å²) in [5.74, 6) is -2.44. The zero-order chi connectivity index (χ0) is 15.0. The number of rotatable bonds is 2. The van der Waals surface area contributed by atoms with Crippen molar-refractivity contribution < 1.29 is 13.6 Å². The number of amides is 1. The first-order valence-electron chi connectivity index (χ1n) is 6.22. The predicted molar refractivity (Wildman–Crippen MR) is 74.3 cm³/mol. The summed E-state index contributed by atoms with van der Waals surface area (Å²) >= 11 is 0. The van der Waals surface area contributed by atoms with Crippen molar-refractivity contribution in [2.24, 2.45) is 0 Å². The largest absolute Gasteiger partial charge is 0.310 e. The van der Waals surface area contributed by atoms with Crippen molar-refractivity contribution in [3.8, 4) is 0 Å². The average molecular weight is 287 g/mol. The SMILES string of the molecule is CN(C(=O)c1ccc(F)c(F)c1)c1ccc2nccn2c1. The van der Waals surface area contributed by atoms with Crippen molar-refractivity contribution in [1.82, 2.24) is 9.38 Å². The van der Waals surface area contributed by atoms with Gasteiger partial charge in [-0.15, -0.1) is 0 Å². The molecule has 0 unspecified atom stereocenters. The maximum Gasteiger partial charge on any atom is 0.258 e. The van der Waals surface area contributed by atoms with Crippen LogP contribution in [0.1, 0.15) is 10.4 Å². The van der Waals surface area contributed by atoms with Gasteiger partial charge in [-0.2, -0.15) is 0 Å². The molecule has 0 radical (unpaired) electrons. The minimum atomic E-state index is -1.04. The summed E-state index contributed by atoms with van der Waals surface area (Å²) in [5, 5.41) is 0. The van der Waals surface area contributed by atoms with Gasteiger partial charge in [-0.1, -0.05) is 0 Å². The molecule has 0 atom stereocenters. The Hall–Kier alpha value is -2.76. The van der Waals surface area contributed by atoms with Crippen molar-refractivity contribution in [2.75, 3.05) is 11.9 Å². The number of carbonyl (C=O) groups is 1. The minimum absolute atomic E-state index is 0.0853. The highest BCUT2D eigenvalue weighted by Gasteiger charge is 2.16. The van der Waals surface area contributed by atoms with Gasteiger partial charge in [0.25, 0.3) is 5.91 Å². The Bertz CT molecular complexity index is 829. The molecular formula is C15H11F2N3O. The van der Waals surface area contributed by atoms with Gasteiger partial charge in [-0.05, 0) is 30.3 Å². The topological polar surface area (TPSA) is 37.6 Å². The molecule has 106 valence electrons. The quantitative estimate of drug-likeness (QED) is 0.727. The van der Waals surface area contributed by atoms with Crippen LogP contribution in [0.25, 0.3) is 5.65 Å². The van der Waals surface area contributed by atoms with Crippen molar-refractivity contribution in [2.45, 2.75) is 0 Å². The van der Waals surface area contributed by atoms with Gasteiger partial charge >= 0.3 is 0 Å². The number of nitrogens with zero attached hydrogens (tertiary/aromatic N) is 3. The zero-order valence-electron chi connectivity index (χ0n) is 11.1. The van der Waals surface area contributed by atoms with Gasteiger partial charge in [0.1, 0.15) is 5.65 Å². The smallest absolute Gasteiger partial charge is 0.258 e. The van der Waals surface area contributed by atoms with Crippen molar-refractivity contribution >= 4 is 17.2 Å². The molecule has 0 fully saturated rings.